The van der Waals surface area contributed by atoms with Crippen LogP contribution >= 0.6 is 0 Å². The number of fused-ring (bicyclic) bond motifs is 2. The van der Waals surface area contributed by atoms with Crippen LogP contribution in [0.5, 0.6) is 0 Å². The maximum Gasteiger partial charge on any atom is 0.162 e. The zero-order valence-electron chi connectivity index (χ0n) is 15.5. The molecule has 1 N–H and O–H groups in total. The highest BCUT2D eigenvalue weighted by atomic mass is 16.1. The predicted octanol–water partition coefficient (Wildman–Crippen LogP) is 2.15. The van der Waals surface area contributed by atoms with Crippen molar-refractivity contribution in [3.8, 4) is 0 Å². The van der Waals surface area contributed by atoms with Gasteiger partial charge in [-0.2, -0.15) is 10.2 Å². The summed E-state index contributed by atoms with van der Waals surface area (Å²) in [4.78, 5) is 15.5. The molecule has 0 atom stereocenters. The number of likely N-dealkylation sites (tertiary alicyclic amines) is 1. The molecule has 0 radical (unpaired) electrons. The van der Waals surface area contributed by atoms with E-state index in [1.165, 1.54) is 5.57 Å². The number of nitrogens with one attached hydrogen (secondary N) is 1. The Hall–Kier alpha value is -2.28. The maximum absolute atomic E-state index is 13.1. The molecule has 4 aliphatic rings. The van der Waals surface area contributed by atoms with Crippen LogP contribution in [-0.2, 0) is 18.4 Å². The molecular weight excluding hydrogens is 328 g/mol. The van der Waals surface area contributed by atoms with Gasteiger partial charge in [-0.3, -0.25) is 14.4 Å². The van der Waals surface area contributed by atoms with Crippen LogP contribution in [0.25, 0.3) is 0 Å². The third-order valence-electron chi connectivity index (χ3n) is 6.03. The van der Waals surface area contributed by atoms with Gasteiger partial charge in [0.1, 0.15) is 0 Å². The van der Waals surface area contributed by atoms with Crippen LogP contribution in [0.3, 0.4) is 0 Å². The van der Waals surface area contributed by atoms with Crippen molar-refractivity contribution in [1.82, 2.24) is 20.0 Å². The number of azo groups is 1. The molecule has 7 heteroatoms. The van der Waals surface area contributed by atoms with Gasteiger partial charge in [0.2, 0.25) is 0 Å². The minimum Gasteiger partial charge on any atom is -0.342 e. The Morgan fingerprint density at radius 2 is 2.08 bits per heavy atom. The molecule has 5 rings (SSSR count). The summed E-state index contributed by atoms with van der Waals surface area (Å²) >= 11 is 0. The average molecular weight is 352 g/mol. The summed E-state index contributed by atoms with van der Waals surface area (Å²) in [6.45, 7) is 7.44. The fourth-order valence-corrected chi connectivity index (χ4v) is 5.02. The standard InChI is InChI=1S/C19H24N6O/c1-18(2)6-14-16(15(26)7-18)19(13-8-20-22-17(13)21-14)10-25(11-19)9-12-4-5-24(3)23-12/h4-5,21H,6-11H2,1-3H3. The molecule has 1 aromatic rings. The Morgan fingerprint density at radius 1 is 1.27 bits per heavy atom. The molecule has 1 spiro atoms. The van der Waals surface area contributed by atoms with E-state index in [1.807, 2.05) is 17.9 Å². The quantitative estimate of drug-likeness (QED) is 0.885. The van der Waals surface area contributed by atoms with Gasteiger partial charge in [-0.05, 0) is 17.9 Å². The maximum atomic E-state index is 13.1. The molecule has 1 fully saturated rings. The molecule has 1 aromatic heterocycles. The molecule has 0 aromatic carbocycles. The highest BCUT2D eigenvalue weighted by Crippen LogP contribution is 2.54. The molecule has 1 saturated heterocycles. The van der Waals surface area contributed by atoms with Crippen LogP contribution in [0.4, 0.5) is 0 Å². The number of hydrogen-bond donors (Lipinski definition) is 1. The Morgan fingerprint density at radius 3 is 2.81 bits per heavy atom. The van der Waals surface area contributed by atoms with Crippen molar-refractivity contribution in [3.05, 3.63) is 40.6 Å². The summed E-state index contributed by atoms with van der Waals surface area (Å²) in [5.41, 5.74) is 4.12. The topological polar surface area (TPSA) is 74.9 Å². The Kier molecular flexibility index (Phi) is 3.14. The van der Waals surface area contributed by atoms with Crippen molar-refractivity contribution in [2.75, 3.05) is 19.6 Å². The predicted molar refractivity (Wildman–Crippen MR) is 95.9 cm³/mol. The second kappa shape index (κ2) is 5.13. The number of rotatable bonds is 2. The van der Waals surface area contributed by atoms with Crippen LogP contribution < -0.4 is 5.32 Å². The van der Waals surface area contributed by atoms with Gasteiger partial charge in [0, 0.05) is 56.1 Å². The summed E-state index contributed by atoms with van der Waals surface area (Å²) in [7, 11) is 1.94. The van der Waals surface area contributed by atoms with Gasteiger partial charge < -0.3 is 5.32 Å². The lowest BCUT2D eigenvalue weighted by Crippen LogP contribution is -2.62. The van der Waals surface area contributed by atoms with Crippen LogP contribution in [0, 0.1) is 10.8 Å². The van der Waals surface area contributed by atoms with E-state index in [0.29, 0.717) is 18.7 Å². The van der Waals surface area contributed by atoms with Crippen LogP contribution in [-0.4, -0.2) is 40.1 Å². The molecule has 136 valence electrons. The lowest BCUT2D eigenvalue weighted by molar-refractivity contribution is -0.120. The first kappa shape index (κ1) is 15.9. The van der Waals surface area contributed by atoms with Crippen molar-refractivity contribution in [2.45, 2.75) is 33.2 Å². The number of Topliss-reactive ketones (excluding diaryl/α,β-unsaturated/α-hetero) is 1. The SMILES string of the molecule is Cn1ccc(CN2CC3(C2)C2=C(N=NC2)NC2=C3C(=O)CC(C)(C)C2)n1. The summed E-state index contributed by atoms with van der Waals surface area (Å²) in [6, 6.07) is 2.05. The van der Waals surface area contributed by atoms with E-state index < -0.39 is 0 Å². The molecule has 0 saturated carbocycles. The number of hydrogen-bond acceptors (Lipinski definition) is 6. The average Bonchev–Trinajstić information content (AvgIpc) is 3.12. The second-order valence-electron chi connectivity index (χ2n) is 8.85. The summed E-state index contributed by atoms with van der Waals surface area (Å²) in [6.07, 6.45) is 3.48. The first-order valence-electron chi connectivity index (χ1n) is 9.22. The summed E-state index contributed by atoms with van der Waals surface area (Å²) in [5, 5.41) is 16.5. The minimum atomic E-state index is -0.207. The van der Waals surface area contributed by atoms with Gasteiger partial charge in [-0.1, -0.05) is 13.8 Å². The monoisotopic (exact) mass is 352 g/mol. The number of carbonyl (C=O) groups is 1. The zero-order chi connectivity index (χ0) is 18.1. The van der Waals surface area contributed by atoms with E-state index in [0.717, 1.165) is 48.8 Å². The van der Waals surface area contributed by atoms with Crippen molar-refractivity contribution < 1.29 is 4.79 Å². The van der Waals surface area contributed by atoms with Gasteiger partial charge in [-0.15, -0.1) is 5.11 Å². The highest BCUT2D eigenvalue weighted by molar-refractivity contribution is 6.00. The third-order valence-corrected chi connectivity index (χ3v) is 6.03. The molecule has 0 amide bonds. The smallest absolute Gasteiger partial charge is 0.162 e. The van der Waals surface area contributed by atoms with Gasteiger partial charge >= 0.3 is 0 Å². The molecular formula is C19H24N6O. The minimum absolute atomic E-state index is 0.00465. The number of aryl methyl sites for hydroxylation is 1. The Balaban J connectivity index is 1.47. The van der Waals surface area contributed by atoms with Crippen LogP contribution in [0.2, 0.25) is 0 Å². The molecule has 4 heterocycles. The fraction of sp³-hybridized carbons (Fsp3) is 0.579. The summed E-state index contributed by atoms with van der Waals surface area (Å²) in [5.74, 6) is 1.17. The van der Waals surface area contributed by atoms with E-state index in [2.05, 4.69) is 45.5 Å². The molecule has 1 aliphatic carbocycles. The Bertz CT molecular complexity index is 897. The van der Waals surface area contributed by atoms with E-state index >= 15 is 0 Å². The highest BCUT2D eigenvalue weighted by Gasteiger charge is 2.57. The van der Waals surface area contributed by atoms with Crippen molar-refractivity contribution in [2.24, 2.45) is 28.1 Å². The van der Waals surface area contributed by atoms with Crippen molar-refractivity contribution in [3.63, 3.8) is 0 Å². The van der Waals surface area contributed by atoms with E-state index in [9.17, 15) is 4.79 Å². The number of dihydropyridines is 1. The number of aromatic nitrogens is 2. The molecule has 26 heavy (non-hydrogen) atoms. The normalized spacial score (nSPS) is 26.0. The van der Waals surface area contributed by atoms with Gasteiger partial charge in [0.15, 0.2) is 11.6 Å². The van der Waals surface area contributed by atoms with Gasteiger partial charge in [0.05, 0.1) is 17.7 Å². The number of ketones is 1. The lowest BCUT2D eigenvalue weighted by atomic mass is 9.60. The number of allylic oxidation sites excluding steroid dienone is 1. The molecule has 3 aliphatic heterocycles. The van der Waals surface area contributed by atoms with Crippen LogP contribution in [0.1, 0.15) is 32.4 Å². The van der Waals surface area contributed by atoms with E-state index in [4.69, 9.17) is 0 Å². The zero-order valence-corrected chi connectivity index (χ0v) is 15.5. The first-order valence-corrected chi connectivity index (χ1v) is 9.22. The van der Waals surface area contributed by atoms with E-state index in [1.54, 1.807) is 0 Å². The third kappa shape index (κ3) is 2.23. The molecule has 0 unspecified atom stereocenters. The van der Waals surface area contributed by atoms with Crippen molar-refractivity contribution in [1.29, 1.82) is 0 Å². The molecule has 0 bridgehead atoms. The molecule has 7 nitrogen and oxygen atoms in total. The Labute approximate surface area is 152 Å². The fourth-order valence-electron chi connectivity index (χ4n) is 5.02. The van der Waals surface area contributed by atoms with Crippen molar-refractivity contribution >= 4 is 5.78 Å². The largest absolute Gasteiger partial charge is 0.342 e. The number of carbonyl (C=O) groups excluding carboxylic acids is 1. The second-order valence-corrected chi connectivity index (χ2v) is 8.85. The lowest BCUT2D eigenvalue weighted by Gasteiger charge is -2.55. The number of nitrogens with zero attached hydrogens (tertiary/aromatic N) is 5. The van der Waals surface area contributed by atoms with Gasteiger partial charge in [0.25, 0.3) is 0 Å². The van der Waals surface area contributed by atoms with Gasteiger partial charge in [-0.25, -0.2) is 0 Å². The van der Waals surface area contributed by atoms with E-state index in [-0.39, 0.29) is 10.8 Å². The first-order chi connectivity index (χ1) is 12.4. The summed E-state index contributed by atoms with van der Waals surface area (Å²) < 4.78 is 1.83. The van der Waals surface area contributed by atoms with Crippen LogP contribution in [0.15, 0.2) is 45.2 Å².